The molecule has 0 aliphatic rings. The van der Waals surface area contributed by atoms with Crippen LogP contribution >= 0.6 is 21.9 Å². The van der Waals surface area contributed by atoms with E-state index in [0.29, 0.717) is 4.99 Å². The molecule has 0 aromatic rings. The highest BCUT2D eigenvalue weighted by atomic mass is 32.1. The van der Waals surface area contributed by atoms with Gasteiger partial charge in [-0.25, -0.2) is 0 Å². The van der Waals surface area contributed by atoms with Gasteiger partial charge in [0.15, 0.2) is 0 Å². The predicted octanol–water partition coefficient (Wildman–Crippen LogP) is 2.70. The first-order valence-electron chi connectivity index (χ1n) is 3.21. The monoisotopic (exact) mass is 150 g/mol. The summed E-state index contributed by atoms with van der Waals surface area (Å²) in [6.45, 7) is 2.22. The second kappa shape index (κ2) is 5.91. The minimum atomic E-state index is 0.515. The molecule has 2 atom stereocenters. The molecule has 0 aromatic carbocycles. The summed E-state index contributed by atoms with van der Waals surface area (Å²) in [5.41, 5.74) is 0. The lowest BCUT2D eigenvalue weighted by molar-refractivity contribution is 0.697. The summed E-state index contributed by atoms with van der Waals surface area (Å²) in [5, 5.41) is 0. The molecule has 8 heavy (non-hydrogen) atoms. The second-order valence-corrected chi connectivity index (χ2v) is 4.09. The van der Waals surface area contributed by atoms with Gasteiger partial charge in [0, 0.05) is 4.99 Å². The summed E-state index contributed by atoms with van der Waals surface area (Å²) >= 11 is 4.23. The van der Waals surface area contributed by atoms with Crippen molar-refractivity contribution in [3.63, 3.8) is 0 Å². The van der Waals surface area contributed by atoms with Gasteiger partial charge in [0.25, 0.3) is 0 Å². The Morgan fingerprint density at radius 2 is 2.12 bits per heavy atom. The van der Waals surface area contributed by atoms with Gasteiger partial charge in [0.05, 0.1) is 0 Å². The molecule has 0 radical (unpaired) electrons. The van der Waals surface area contributed by atoms with Crippen molar-refractivity contribution in [2.24, 2.45) is 0 Å². The highest BCUT2D eigenvalue weighted by Crippen LogP contribution is 2.13. The van der Waals surface area contributed by atoms with Crippen molar-refractivity contribution < 1.29 is 0 Å². The smallest absolute Gasteiger partial charge is 0.0160 e. The largest absolute Gasteiger partial charge is 0.172 e. The topological polar surface area (TPSA) is 0 Å². The van der Waals surface area contributed by atoms with Crippen LogP contribution in [-0.2, 0) is 0 Å². The molecule has 0 aliphatic heterocycles. The molecule has 0 N–H and O–H groups in total. The number of hydrogen-bond acceptors (Lipinski definition) is 1. The van der Waals surface area contributed by atoms with E-state index in [9.17, 15) is 0 Å². The minimum absolute atomic E-state index is 0.515. The Morgan fingerprint density at radius 1 is 1.50 bits per heavy atom. The van der Waals surface area contributed by atoms with E-state index in [1.54, 1.807) is 0 Å². The van der Waals surface area contributed by atoms with Crippen LogP contribution in [-0.4, -0.2) is 4.99 Å². The van der Waals surface area contributed by atoms with Crippen molar-refractivity contribution in [1.29, 1.82) is 0 Å². The van der Waals surface area contributed by atoms with Gasteiger partial charge in [0.1, 0.15) is 0 Å². The number of hydrogen-bond donors (Lipinski definition) is 1. The molecule has 2 heteroatoms. The van der Waals surface area contributed by atoms with Crippen molar-refractivity contribution in [2.45, 2.75) is 37.6 Å². The number of thiol groups is 1. The van der Waals surface area contributed by atoms with Gasteiger partial charge in [-0.2, -0.15) is 12.6 Å². The maximum Gasteiger partial charge on any atom is 0.0160 e. The summed E-state index contributed by atoms with van der Waals surface area (Å²) in [4.78, 5) is 0.515. The fourth-order valence-electron chi connectivity index (χ4n) is 0.603. The van der Waals surface area contributed by atoms with E-state index < -0.39 is 0 Å². The molecule has 0 rings (SSSR count). The van der Waals surface area contributed by atoms with E-state index >= 15 is 0 Å². The lowest BCUT2D eigenvalue weighted by Crippen LogP contribution is -1.84. The van der Waals surface area contributed by atoms with Gasteiger partial charge >= 0.3 is 0 Å². The van der Waals surface area contributed by atoms with Gasteiger partial charge in [-0.05, 0) is 6.42 Å². The average molecular weight is 150 g/mol. The van der Waals surface area contributed by atoms with Crippen LogP contribution in [0.1, 0.15) is 32.6 Å². The summed E-state index contributed by atoms with van der Waals surface area (Å²) in [5.74, 6) is 0. The normalized spacial score (nSPS) is 13.9. The summed E-state index contributed by atoms with van der Waals surface area (Å²) in [7, 11) is 2.69. The zero-order valence-corrected chi connectivity index (χ0v) is 7.48. The average Bonchev–Trinajstić information content (AvgIpc) is 1.66. The quantitative estimate of drug-likeness (QED) is 0.355. The predicted molar refractivity (Wildman–Crippen MR) is 46.6 cm³/mol. The van der Waals surface area contributed by atoms with Crippen LogP contribution in [0.25, 0.3) is 0 Å². The van der Waals surface area contributed by atoms with Crippen molar-refractivity contribution in [2.75, 3.05) is 0 Å². The highest BCUT2D eigenvalue weighted by molar-refractivity contribution is 7.85. The van der Waals surface area contributed by atoms with E-state index in [2.05, 4.69) is 28.8 Å². The fourth-order valence-corrected chi connectivity index (χ4v) is 1.02. The highest BCUT2D eigenvalue weighted by Gasteiger charge is 1.91. The van der Waals surface area contributed by atoms with Gasteiger partial charge < -0.3 is 0 Å². The fraction of sp³-hybridized carbons (Fsp3) is 1.00. The number of rotatable bonds is 4. The molecule has 0 amide bonds. The summed E-state index contributed by atoms with van der Waals surface area (Å²) in [6, 6.07) is 0. The van der Waals surface area contributed by atoms with Crippen LogP contribution in [0.3, 0.4) is 0 Å². The molecule has 50 valence electrons. The first-order valence-corrected chi connectivity index (χ1v) is 4.39. The summed E-state index contributed by atoms with van der Waals surface area (Å²) in [6.07, 6.45) is 5.23. The molecule has 0 aliphatic carbocycles. The molecular formula is C6H15PS. The lowest BCUT2D eigenvalue weighted by Gasteiger charge is -1.99. The van der Waals surface area contributed by atoms with Gasteiger partial charge in [0.2, 0.25) is 0 Å². The Labute approximate surface area is 60.0 Å². The van der Waals surface area contributed by atoms with E-state index in [-0.39, 0.29) is 0 Å². The van der Waals surface area contributed by atoms with E-state index in [1.807, 2.05) is 0 Å². The Hall–Kier alpha value is 0.780. The van der Waals surface area contributed by atoms with Crippen molar-refractivity contribution in [1.82, 2.24) is 0 Å². The van der Waals surface area contributed by atoms with Crippen LogP contribution in [0, 0.1) is 0 Å². The van der Waals surface area contributed by atoms with E-state index in [0.717, 1.165) is 0 Å². The van der Waals surface area contributed by atoms with Crippen LogP contribution < -0.4 is 0 Å². The Bertz CT molecular complexity index is 45.8. The molecule has 2 unspecified atom stereocenters. The Kier molecular flexibility index (Phi) is 6.48. The third-order valence-corrected chi connectivity index (χ3v) is 1.69. The second-order valence-electron chi connectivity index (χ2n) is 2.06. The van der Waals surface area contributed by atoms with E-state index in [4.69, 9.17) is 0 Å². The van der Waals surface area contributed by atoms with Crippen molar-refractivity contribution >= 4 is 21.9 Å². The van der Waals surface area contributed by atoms with Crippen LogP contribution in [0.4, 0.5) is 0 Å². The van der Waals surface area contributed by atoms with Gasteiger partial charge in [-0.15, -0.1) is 9.24 Å². The van der Waals surface area contributed by atoms with Gasteiger partial charge in [-0.3, -0.25) is 0 Å². The molecule has 0 nitrogen and oxygen atoms in total. The molecule has 0 heterocycles. The van der Waals surface area contributed by atoms with E-state index in [1.165, 1.54) is 25.7 Å². The molecule has 0 bridgehead atoms. The first-order chi connectivity index (χ1) is 3.77. The SMILES string of the molecule is CCCCCC(P)S. The third-order valence-electron chi connectivity index (χ3n) is 1.10. The van der Waals surface area contributed by atoms with Crippen LogP contribution in [0.15, 0.2) is 0 Å². The zero-order chi connectivity index (χ0) is 6.41. The van der Waals surface area contributed by atoms with Crippen molar-refractivity contribution in [3.8, 4) is 0 Å². The molecular weight excluding hydrogens is 135 g/mol. The lowest BCUT2D eigenvalue weighted by atomic mass is 10.2. The third kappa shape index (κ3) is 6.78. The Balaban J connectivity index is 2.72. The molecule has 0 spiro atoms. The van der Waals surface area contributed by atoms with Gasteiger partial charge in [-0.1, -0.05) is 26.2 Å². The number of unbranched alkanes of at least 4 members (excludes halogenated alkanes) is 2. The first kappa shape index (κ1) is 8.78. The zero-order valence-electron chi connectivity index (χ0n) is 5.43. The maximum absolute atomic E-state index is 4.23. The van der Waals surface area contributed by atoms with Crippen LogP contribution in [0.5, 0.6) is 0 Å². The molecule has 0 fully saturated rings. The molecule has 0 saturated heterocycles. The summed E-state index contributed by atoms with van der Waals surface area (Å²) < 4.78 is 0. The minimum Gasteiger partial charge on any atom is -0.172 e. The molecule has 0 aromatic heterocycles. The van der Waals surface area contributed by atoms with Crippen LogP contribution in [0.2, 0.25) is 0 Å². The standard InChI is InChI=1S/C6H15PS/c1-2-3-4-5-6(7)8/h6,8H,2-5,7H2,1H3. The maximum atomic E-state index is 4.23. The Morgan fingerprint density at radius 3 is 2.50 bits per heavy atom. The van der Waals surface area contributed by atoms with Crippen molar-refractivity contribution in [3.05, 3.63) is 0 Å². The molecule has 0 saturated carbocycles.